The van der Waals surface area contributed by atoms with Crippen molar-refractivity contribution in [2.45, 2.75) is 31.3 Å². The number of nitrogens with one attached hydrogen (secondary N) is 1. The van der Waals surface area contributed by atoms with E-state index in [0.717, 1.165) is 28.6 Å². The summed E-state index contributed by atoms with van der Waals surface area (Å²) in [6.45, 7) is 1.75. The summed E-state index contributed by atoms with van der Waals surface area (Å²) in [4.78, 5) is 14.6. The Morgan fingerprint density at radius 1 is 1.21 bits per heavy atom. The Morgan fingerprint density at radius 3 is 2.74 bits per heavy atom. The van der Waals surface area contributed by atoms with Gasteiger partial charge in [0.2, 0.25) is 0 Å². The molecule has 0 spiro atoms. The van der Waals surface area contributed by atoms with Crippen LogP contribution in [-0.2, 0) is 0 Å². The lowest BCUT2D eigenvalue weighted by atomic mass is 10.1. The second-order valence-corrected chi connectivity index (χ2v) is 6.32. The van der Waals surface area contributed by atoms with Gasteiger partial charge in [-0.05, 0) is 54.0 Å². The molecule has 0 radical (unpaired) electrons. The summed E-state index contributed by atoms with van der Waals surface area (Å²) in [6, 6.07) is 8.98. The summed E-state index contributed by atoms with van der Waals surface area (Å²) in [5.41, 5.74) is 0.843. The van der Waals surface area contributed by atoms with Crippen molar-refractivity contribution in [1.29, 1.82) is 0 Å². The van der Waals surface area contributed by atoms with Crippen LogP contribution in [0.15, 0.2) is 24.3 Å². The van der Waals surface area contributed by atoms with E-state index in [1.54, 1.807) is 0 Å². The largest absolute Gasteiger partial charge is 0.337 e. The molecule has 2 atom stereocenters. The molecule has 0 aliphatic carbocycles. The van der Waals surface area contributed by atoms with E-state index in [1.807, 2.05) is 29.2 Å². The van der Waals surface area contributed by atoms with Gasteiger partial charge in [-0.15, -0.1) is 12.4 Å². The van der Waals surface area contributed by atoms with Crippen molar-refractivity contribution in [3.63, 3.8) is 0 Å². The lowest BCUT2D eigenvalue weighted by Gasteiger charge is -2.24. The van der Waals surface area contributed by atoms with Gasteiger partial charge in [0.15, 0.2) is 0 Å². The minimum atomic E-state index is 0. The van der Waals surface area contributed by atoms with Crippen LogP contribution in [0.3, 0.4) is 0 Å². The number of hydrogen-bond donors (Lipinski definition) is 1. The van der Waals surface area contributed by atoms with Gasteiger partial charge >= 0.3 is 0 Å². The quantitative estimate of drug-likeness (QED) is 0.745. The molecule has 1 aromatic carbocycles. The van der Waals surface area contributed by atoms with Gasteiger partial charge in [-0.3, -0.25) is 4.79 Å². The summed E-state index contributed by atoms with van der Waals surface area (Å²) in [7, 11) is 0. The zero-order valence-electron chi connectivity index (χ0n) is 10.6. The highest BCUT2D eigenvalue weighted by atomic mass is 127. The monoisotopic (exact) mass is 392 g/mol. The van der Waals surface area contributed by atoms with Gasteiger partial charge in [-0.1, -0.05) is 12.1 Å². The van der Waals surface area contributed by atoms with Crippen LogP contribution >= 0.6 is 35.0 Å². The fraction of sp³-hybridized carbons (Fsp3) is 0.500. The van der Waals surface area contributed by atoms with Crippen LogP contribution in [-0.4, -0.2) is 36.0 Å². The number of carbonyl (C=O) groups is 1. The number of amides is 1. The Balaban J connectivity index is 0.00000133. The van der Waals surface area contributed by atoms with Crippen LogP contribution in [0.2, 0.25) is 0 Å². The summed E-state index contributed by atoms with van der Waals surface area (Å²) >= 11 is 2.24. The maximum absolute atomic E-state index is 12.5. The van der Waals surface area contributed by atoms with E-state index in [-0.39, 0.29) is 18.3 Å². The minimum Gasteiger partial charge on any atom is -0.337 e. The number of rotatable bonds is 1. The van der Waals surface area contributed by atoms with Crippen molar-refractivity contribution < 1.29 is 4.79 Å². The van der Waals surface area contributed by atoms with Crippen LogP contribution in [0.4, 0.5) is 0 Å². The number of fused-ring (bicyclic) bond motifs is 2. The number of hydrogen-bond acceptors (Lipinski definition) is 2. The maximum atomic E-state index is 12.5. The van der Waals surface area contributed by atoms with Crippen molar-refractivity contribution in [3.05, 3.63) is 33.4 Å². The Bertz CT molecular complexity index is 469. The molecule has 104 valence electrons. The molecule has 2 fully saturated rings. The highest BCUT2D eigenvalue weighted by Crippen LogP contribution is 2.22. The van der Waals surface area contributed by atoms with Crippen molar-refractivity contribution in [2.24, 2.45) is 0 Å². The van der Waals surface area contributed by atoms with E-state index in [1.165, 1.54) is 12.8 Å². The Hall–Kier alpha value is -0.330. The Morgan fingerprint density at radius 2 is 1.95 bits per heavy atom. The average Bonchev–Trinajstić information content (AvgIpc) is 2.69. The van der Waals surface area contributed by atoms with Crippen LogP contribution in [0.5, 0.6) is 0 Å². The fourth-order valence-corrected chi connectivity index (χ4v) is 3.55. The summed E-state index contributed by atoms with van der Waals surface area (Å²) in [6.07, 6.45) is 3.57. The van der Waals surface area contributed by atoms with Gasteiger partial charge in [-0.25, -0.2) is 0 Å². The van der Waals surface area contributed by atoms with E-state index < -0.39 is 0 Å². The molecule has 2 aliphatic rings. The first kappa shape index (κ1) is 15.1. The second kappa shape index (κ2) is 6.41. The van der Waals surface area contributed by atoms with Gasteiger partial charge < -0.3 is 10.2 Å². The van der Waals surface area contributed by atoms with Gasteiger partial charge in [0.05, 0.1) is 5.56 Å². The molecule has 1 N–H and O–H groups in total. The first-order chi connectivity index (χ1) is 8.74. The second-order valence-electron chi connectivity index (χ2n) is 5.16. The third kappa shape index (κ3) is 3.23. The molecule has 2 saturated heterocycles. The molecule has 3 nitrogen and oxygen atoms in total. The highest BCUT2D eigenvalue weighted by molar-refractivity contribution is 14.1. The minimum absolute atomic E-state index is 0. The van der Waals surface area contributed by atoms with Gasteiger partial charge in [-0.2, -0.15) is 0 Å². The molecule has 2 bridgehead atoms. The van der Waals surface area contributed by atoms with E-state index >= 15 is 0 Å². The molecular formula is C14H18ClIN2O. The Kier molecular flexibility index (Phi) is 5.09. The lowest BCUT2D eigenvalue weighted by Crippen LogP contribution is -2.39. The molecular weight excluding hydrogens is 375 g/mol. The highest BCUT2D eigenvalue weighted by Gasteiger charge is 2.31. The van der Waals surface area contributed by atoms with Crippen LogP contribution < -0.4 is 5.32 Å². The van der Waals surface area contributed by atoms with Crippen molar-refractivity contribution in [1.82, 2.24) is 10.2 Å². The molecule has 0 saturated carbocycles. The summed E-state index contributed by atoms with van der Waals surface area (Å²) in [5.74, 6) is 0.189. The van der Waals surface area contributed by atoms with Gasteiger partial charge in [0.1, 0.15) is 0 Å². The number of benzene rings is 1. The fourth-order valence-electron chi connectivity index (χ4n) is 2.93. The van der Waals surface area contributed by atoms with E-state index in [4.69, 9.17) is 0 Å². The summed E-state index contributed by atoms with van der Waals surface area (Å²) < 4.78 is 1.04. The predicted octanol–water partition coefficient (Wildman–Crippen LogP) is 2.68. The number of carbonyl (C=O) groups excluding carboxylic acids is 1. The molecule has 3 rings (SSSR count). The van der Waals surface area contributed by atoms with Crippen LogP contribution in [0.1, 0.15) is 29.6 Å². The zero-order valence-corrected chi connectivity index (χ0v) is 13.6. The standard InChI is InChI=1S/C14H17IN2O.ClH/c15-13-4-2-1-3-12(13)14(18)17-8-7-10-5-6-11(9-17)16-10;/h1-4,10-11,16H,5-9H2;1H. The Labute approximate surface area is 133 Å². The van der Waals surface area contributed by atoms with Crippen LogP contribution in [0, 0.1) is 3.57 Å². The van der Waals surface area contributed by atoms with E-state index in [2.05, 4.69) is 27.9 Å². The van der Waals surface area contributed by atoms with E-state index in [9.17, 15) is 4.79 Å². The third-order valence-corrected chi connectivity index (χ3v) is 4.86. The molecule has 2 aliphatic heterocycles. The molecule has 5 heteroatoms. The first-order valence-corrected chi connectivity index (χ1v) is 7.62. The lowest BCUT2D eigenvalue weighted by molar-refractivity contribution is 0.0747. The first-order valence-electron chi connectivity index (χ1n) is 6.54. The van der Waals surface area contributed by atoms with Crippen LogP contribution in [0.25, 0.3) is 0 Å². The molecule has 1 aromatic rings. The number of nitrogens with zero attached hydrogens (tertiary/aromatic N) is 1. The van der Waals surface area contributed by atoms with Gasteiger partial charge in [0, 0.05) is 28.7 Å². The summed E-state index contributed by atoms with van der Waals surface area (Å²) in [5, 5.41) is 3.61. The molecule has 0 aromatic heterocycles. The maximum Gasteiger partial charge on any atom is 0.254 e. The smallest absolute Gasteiger partial charge is 0.254 e. The average molecular weight is 393 g/mol. The third-order valence-electron chi connectivity index (χ3n) is 3.91. The van der Waals surface area contributed by atoms with Crippen molar-refractivity contribution in [2.75, 3.05) is 13.1 Å². The predicted molar refractivity (Wildman–Crippen MR) is 86.9 cm³/mol. The normalized spacial score (nSPS) is 25.6. The van der Waals surface area contributed by atoms with Crippen molar-refractivity contribution in [3.8, 4) is 0 Å². The topological polar surface area (TPSA) is 32.3 Å². The van der Waals surface area contributed by atoms with Gasteiger partial charge in [0.25, 0.3) is 5.91 Å². The molecule has 2 heterocycles. The number of likely N-dealkylation sites (tertiary alicyclic amines) is 1. The number of halogens is 2. The van der Waals surface area contributed by atoms with E-state index in [0.29, 0.717) is 12.1 Å². The zero-order chi connectivity index (χ0) is 12.5. The molecule has 2 unspecified atom stereocenters. The molecule has 1 amide bonds. The van der Waals surface area contributed by atoms with Crippen molar-refractivity contribution >= 4 is 40.9 Å². The SMILES string of the molecule is Cl.O=C(c1ccccc1I)N1CCC2CCC(C1)N2. The molecule has 19 heavy (non-hydrogen) atoms.